The van der Waals surface area contributed by atoms with Crippen LogP contribution in [0.25, 0.3) is 0 Å². The predicted octanol–water partition coefficient (Wildman–Crippen LogP) is 3.20. The normalized spacial score (nSPS) is 41.1. The summed E-state index contributed by atoms with van der Waals surface area (Å²) >= 11 is 0. The summed E-state index contributed by atoms with van der Waals surface area (Å²) in [5.41, 5.74) is 0. The average molecular weight is 158 g/mol. The highest BCUT2D eigenvalue weighted by atomic mass is 19.3. The maximum atomic E-state index is 11.9. The van der Waals surface area contributed by atoms with Gasteiger partial charge in [-0.3, -0.25) is 0 Å². The summed E-state index contributed by atoms with van der Waals surface area (Å²) in [5.74, 6) is 1.56. The van der Waals surface area contributed by atoms with Crippen molar-refractivity contribution in [2.45, 2.75) is 25.7 Å². The summed E-state index contributed by atoms with van der Waals surface area (Å²) in [4.78, 5) is 0. The van der Waals surface area contributed by atoms with Crippen molar-refractivity contribution in [2.75, 3.05) is 0 Å². The van der Waals surface area contributed by atoms with Crippen molar-refractivity contribution >= 4 is 0 Å². The van der Waals surface area contributed by atoms with Gasteiger partial charge in [0.2, 0.25) is 0 Å². The van der Waals surface area contributed by atoms with Crippen molar-refractivity contribution < 1.29 is 8.78 Å². The Bertz CT molecular complexity index is 182. The SMILES string of the molecule is FC(F)=C[C@@H]1C[C@@H]2CC[C@H]1C2. The van der Waals surface area contributed by atoms with Gasteiger partial charge in [0, 0.05) is 0 Å². The highest BCUT2D eigenvalue weighted by Crippen LogP contribution is 2.49. The van der Waals surface area contributed by atoms with Gasteiger partial charge in [-0.05, 0) is 43.1 Å². The molecule has 2 bridgehead atoms. The molecular weight excluding hydrogens is 146 g/mol. The van der Waals surface area contributed by atoms with Crippen molar-refractivity contribution in [3.05, 3.63) is 12.2 Å². The monoisotopic (exact) mass is 158 g/mol. The second-order valence-electron chi connectivity index (χ2n) is 3.80. The highest BCUT2D eigenvalue weighted by Gasteiger charge is 2.38. The molecule has 0 nitrogen and oxygen atoms in total. The number of hydrogen-bond acceptors (Lipinski definition) is 0. The van der Waals surface area contributed by atoms with Gasteiger partial charge < -0.3 is 0 Å². The molecule has 0 aromatic rings. The van der Waals surface area contributed by atoms with E-state index in [9.17, 15) is 8.78 Å². The van der Waals surface area contributed by atoms with E-state index in [0.717, 1.165) is 12.3 Å². The van der Waals surface area contributed by atoms with Gasteiger partial charge in [-0.15, -0.1) is 0 Å². The minimum absolute atomic E-state index is 0.207. The van der Waals surface area contributed by atoms with Gasteiger partial charge in [-0.2, -0.15) is 8.78 Å². The summed E-state index contributed by atoms with van der Waals surface area (Å²) in [6.45, 7) is 0. The van der Waals surface area contributed by atoms with Crippen molar-refractivity contribution in [3.63, 3.8) is 0 Å². The molecular formula is C9H12F2. The summed E-state index contributed by atoms with van der Waals surface area (Å²) < 4.78 is 23.7. The first-order chi connectivity index (χ1) is 5.25. The topological polar surface area (TPSA) is 0 Å². The zero-order valence-electron chi connectivity index (χ0n) is 6.39. The summed E-state index contributed by atoms with van der Waals surface area (Å²) in [6.07, 6.45) is 4.37. The summed E-state index contributed by atoms with van der Waals surface area (Å²) in [5, 5.41) is 0. The highest BCUT2D eigenvalue weighted by molar-refractivity contribution is 5.00. The molecule has 11 heavy (non-hydrogen) atoms. The van der Waals surface area contributed by atoms with E-state index < -0.39 is 6.08 Å². The van der Waals surface area contributed by atoms with Crippen LogP contribution in [-0.4, -0.2) is 0 Å². The number of hydrogen-bond donors (Lipinski definition) is 0. The molecule has 3 atom stereocenters. The standard InChI is InChI=1S/C9H12F2/c10-9(11)5-8-4-6-1-2-7(8)3-6/h5-8H,1-4H2/t6-,7+,8+/m1/s1. The van der Waals surface area contributed by atoms with Crippen LogP contribution >= 0.6 is 0 Å². The number of allylic oxidation sites excluding steroid dienone is 1. The smallest absolute Gasteiger partial charge is 0.174 e. The van der Waals surface area contributed by atoms with Crippen molar-refractivity contribution in [1.82, 2.24) is 0 Å². The van der Waals surface area contributed by atoms with E-state index in [2.05, 4.69) is 0 Å². The van der Waals surface area contributed by atoms with Crippen LogP contribution in [0.1, 0.15) is 25.7 Å². The van der Waals surface area contributed by atoms with E-state index >= 15 is 0 Å². The third-order valence-corrected chi connectivity index (χ3v) is 3.13. The Morgan fingerprint density at radius 3 is 2.45 bits per heavy atom. The lowest BCUT2D eigenvalue weighted by atomic mass is 9.89. The molecule has 0 aliphatic heterocycles. The molecule has 62 valence electrons. The Labute approximate surface area is 65.3 Å². The average Bonchev–Trinajstić information content (AvgIpc) is 2.45. The lowest BCUT2D eigenvalue weighted by Gasteiger charge is -2.16. The van der Waals surface area contributed by atoms with Crippen molar-refractivity contribution in [3.8, 4) is 0 Å². The molecule has 2 rings (SSSR count). The molecule has 0 amide bonds. The molecule has 2 heteroatoms. The Morgan fingerprint density at radius 2 is 2.00 bits per heavy atom. The van der Waals surface area contributed by atoms with Crippen LogP contribution in [0.15, 0.2) is 12.2 Å². The minimum atomic E-state index is -1.48. The van der Waals surface area contributed by atoms with Gasteiger partial charge in [0.05, 0.1) is 0 Å². The van der Waals surface area contributed by atoms with Gasteiger partial charge in [-0.25, -0.2) is 0 Å². The quantitative estimate of drug-likeness (QED) is 0.549. The fourth-order valence-electron chi connectivity index (χ4n) is 2.66. The molecule has 0 unspecified atom stereocenters. The summed E-state index contributed by atoms with van der Waals surface area (Å²) in [6, 6.07) is 0. The minimum Gasteiger partial charge on any atom is -0.174 e. The third kappa shape index (κ3) is 1.31. The van der Waals surface area contributed by atoms with Crippen LogP contribution in [0.3, 0.4) is 0 Å². The van der Waals surface area contributed by atoms with Crippen LogP contribution in [0.2, 0.25) is 0 Å². The van der Waals surface area contributed by atoms with E-state index in [1.165, 1.54) is 25.3 Å². The number of halogens is 2. The first-order valence-corrected chi connectivity index (χ1v) is 4.28. The van der Waals surface area contributed by atoms with Crippen LogP contribution in [-0.2, 0) is 0 Å². The van der Waals surface area contributed by atoms with Crippen LogP contribution in [0, 0.1) is 17.8 Å². The first kappa shape index (κ1) is 7.26. The fourth-order valence-corrected chi connectivity index (χ4v) is 2.66. The van der Waals surface area contributed by atoms with Crippen molar-refractivity contribution in [2.24, 2.45) is 17.8 Å². The second kappa shape index (κ2) is 2.58. The molecule has 2 saturated carbocycles. The zero-order chi connectivity index (χ0) is 7.84. The molecule has 2 aliphatic rings. The van der Waals surface area contributed by atoms with Crippen LogP contribution in [0.5, 0.6) is 0 Å². The van der Waals surface area contributed by atoms with Crippen LogP contribution in [0.4, 0.5) is 8.78 Å². The third-order valence-electron chi connectivity index (χ3n) is 3.13. The lowest BCUT2D eigenvalue weighted by molar-refractivity contribution is 0.359. The van der Waals surface area contributed by atoms with E-state index in [1.807, 2.05) is 0 Å². The summed E-state index contributed by atoms with van der Waals surface area (Å²) in [7, 11) is 0. The van der Waals surface area contributed by atoms with Gasteiger partial charge in [0.15, 0.2) is 0 Å². The lowest BCUT2D eigenvalue weighted by Crippen LogP contribution is -2.07. The Balaban J connectivity index is 2.03. The predicted molar refractivity (Wildman–Crippen MR) is 39.2 cm³/mol. The zero-order valence-corrected chi connectivity index (χ0v) is 6.39. The number of fused-ring (bicyclic) bond motifs is 2. The Morgan fingerprint density at radius 1 is 1.18 bits per heavy atom. The molecule has 0 spiro atoms. The first-order valence-electron chi connectivity index (χ1n) is 4.28. The molecule has 0 N–H and O–H groups in total. The maximum absolute atomic E-state index is 11.9. The van der Waals surface area contributed by atoms with Gasteiger partial charge in [0.1, 0.15) is 0 Å². The van der Waals surface area contributed by atoms with E-state index in [-0.39, 0.29) is 5.92 Å². The molecule has 2 aliphatic carbocycles. The molecule has 0 saturated heterocycles. The molecule has 0 heterocycles. The maximum Gasteiger partial charge on any atom is 0.266 e. The van der Waals surface area contributed by atoms with Gasteiger partial charge in [-0.1, -0.05) is 6.42 Å². The van der Waals surface area contributed by atoms with E-state index in [0.29, 0.717) is 5.92 Å². The Hall–Kier alpha value is -0.400. The molecule has 0 radical (unpaired) electrons. The van der Waals surface area contributed by atoms with Crippen molar-refractivity contribution in [1.29, 1.82) is 0 Å². The molecule has 0 aromatic heterocycles. The second-order valence-corrected chi connectivity index (χ2v) is 3.80. The van der Waals surface area contributed by atoms with Gasteiger partial charge >= 0.3 is 0 Å². The van der Waals surface area contributed by atoms with Crippen LogP contribution < -0.4 is 0 Å². The van der Waals surface area contributed by atoms with E-state index in [4.69, 9.17) is 0 Å². The number of rotatable bonds is 1. The largest absolute Gasteiger partial charge is 0.266 e. The van der Waals surface area contributed by atoms with Gasteiger partial charge in [0.25, 0.3) is 6.08 Å². The fraction of sp³-hybridized carbons (Fsp3) is 0.778. The van der Waals surface area contributed by atoms with E-state index in [1.54, 1.807) is 0 Å². The Kier molecular flexibility index (Phi) is 1.70. The molecule has 0 aromatic carbocycles. The molecule has 2 fully saturated rings.